The average Bonchev–Trinajstić information content (AvgIpc) is 2.59. The van der Waals surface area contributed by atoms with Gasteiger partial charge in [-0.3, -0.25) is 0 Å². The zero-order valence-corrected chi connectivity index (χ0v) is 14.3. The van der Waals surface area contributed by atoms with Crippen molar-refractivity contribution in [1.82, 2.24) is 0 Å². The van der Waals surface area contributed by atoms with Crippen molar-refractivity contribution in [2.75, 3.05) is 6.61 Å². The number of ether oxygens (including phenoxy) is 1. The highest BCUT2D eigenvalue weighted by molar-refractivity contribution is 6.33. The van der Waals surface area contributed by atoms with Crippen LogP contribution in [0, 0.1) is 0 Å². The lowest BCUT2D eigenvalue weighted by atomic mass is 10.0. The molecule has 0 atom stereocenters. The molecule has 0 aliphatic heterocycles. The highest BCUT2D eigenvalue weighted by Crippen LogP contribution is 2.34. The number of rotatable bonds is 6. The molecule has 3 rings (SSSR count). The summed E-state index contributed by atoms with van der Waals surface area (Å²) in [7, 11) is 0. The minimum atomic E-state index is -0.388. The van der Waals surface area contributed by atoms with E-state index in [9.17, 15) is 4.79 Å². The summed E-state index contributed by atoms with van der Waals surface area (Å²) < 4.78 is 11.1. The molecule has 0 unspecified atom stereocenters. The zero-order chi connectivity index (χ0) is 16.9. The van der Waals surface area contributed by atoms with E-state index >= 15 is 0 Å². The minimum absolute atomic E-state index is 0.388. The van der Waals surface area contributed by atoms with E-state index in [-0.39, 0.29) is 5.63 Å². The van der Waals surface area contributed by atoms with E-state index in [2.05, 4.69) is 6.92 Å². The number of benzene rings is 2. The van der Waals surface area contributed by atoms with E-state index < -0.39 is 0 Å². The molecular formula is C20H19ClO3. The number of hydrogen-bond acceptors (Lipinski definition) is 3. The normalized spacial score (nSPS) is 10.9. The smallest absolute Gasteiger partial charge is 0.336 e. The molecule has 0 radical (unpaired) electrons. The monoisotopic (exact) mass is 342 g/mol. The van der Waals surface area contributed by atoms with Crippen molar-refractivity contribution in [2.24, 2.45) is 0 Å². The lowest BCUT2D eigenvalue weighted by Crippen LogP contribution is -2.00. The molecule has 0 aliphatic carbocycles. The standard InChI is InChI=1S/C20H19ClO3/c1-2-3-7-10-23-19-13-18-16(11-17(19)21)15(12-20(22)24-18)14-8-5-4-6-9-14/h4-6,8-9,11-13H,2-3,7,10H2,1H3. The Kier molecular flexibility index (Phi) is 5.21. The summed E-state index contributed by atoms with van der Waals surface area (Å²) in [5.74, 6) is 0.550. The highest BCUT2D eigenvalue weighted by atomic mass is 35.5. The van der Waals surface area contributed by atoms with Gasteiger partial charge in [0.1, 0.15) is 11.3 Å². The van der Waals surface area contributed by atoms with E-state index in [1.807, 2.05) is 30.3 Å². The maximum Gasteiger partial charge on any atom is 0.336 e. The molecule has 0 saturated heterocycles. The summed E-state index contributed by atoms with van der Waals surface area (Å²) in [6.07, 6.45) is 3.21. The quantitative estimate of drug-likeness (QED) is 0.427. The van der Waals surface area contributed by atoms with E-state index in [4.69, 9.17) is 20.8 Å². The van der Waals surface area contributed by atoms with Gasteiger partial charge >= 0.3 is 5.63 Å². The number of unbranched alkanes of at least 4 members (excludes halogenated alkanes) is 2. The average molecular weight is 343 g/mol. The van der Waals surface area contributed by atoms with Crippen LogP contribution in [0.1, 0.15) is 26.2 Å². The molecular weight excluding hydrogens is 324 g/mol. The second-order valence-electron chi connectivity index (χ2n) is 5.68. The molecule has 0 spiro atoms. The Morgan fingerprint density at radius 2 is 1.88 bits per heavy atom. The third kappa shape index (κ3) is 3.62. The SMILES string of the molecule is CCCCCOc1cc2oc(=O)cc(-c3ccccc3)c2cc1Cl. The molecule has 0 bridgehead atoms. The third-order valence-electron chi connectivity index (χ3n) is 3.89. The third-order valence-corrected chi connectivity index (χ3v) is 4.18. The van der Waals surface area contributed by atoms with Crippen molar-refractivity contribution in [1.29, 1.82) is 0 Å². The van der Waals surface area contributed by atoms with Crippen LogP contribution in [0.4, 0.5) is 0 Å². The van der Waals surface area contributed by atoms with Gasteiger partial charge in [-0.1, -0.05) is 61.7 Å². The Hall–Kier alpha value is -2.26. The summed E-state index contributed by atoms with van der Waals surface area (Å²) in [5.41, 5.74) is 1.85. The summed E-state index contributed by atoms with van der Waals surface area (Å²) in [5, 5.41) is 1.32. The Morgan fingerprint density at radius 3 is 2.62 bits per heavy atom. The number of fused-ring (bicyclic) bond motifs is 1. The van der Waals surface area contributed by atoms with Crippen LogP contribution in [0.15, 0.2) is 57.7 Å². The topological polar surface area (TPSA) is 39.4 Å². The molecule has 4 heteroatoms. The van der Waals surface area contributed by atoms with Crippen LogP contribution < -0.4 is 10.4 Å². The summed E-state index contributed by atoms with van der Waals surface area (Å²) in [6.45, 7) is 2.74. The first-order chi connectivity index (χ1) is 11.7. The summed E-state index contributed by atoms with van der Waals surface area (Å²) in [6, 6.07) is 14.7. The Bertz CT molecular complexity index is 885. The van der Waals surface area contributed by atoms with Gasteiger partial charge in [0.15, 0.2) is 0 Å². The van der Waals surface area contributed by atoms with Crippen LogP contribution in [0.2, 0.25) is 5.02 Å². The van der Waals surface area contributed by atoms with E-state index in [0.717, 1.165) is 35.8 Å². The lowest BCUT2D eigenvalue weighted by molar-refractivity contribution is 0.306. The first-order valence-electron chi connectivity index (χ1n) is 8.14. The van der Waals surface area contributed by atoms with E-state index in [1.165, 1.54) is 6.07 Å². The first-order valence-corrected chi connectivity index (χ1v) is 8.52. The van der Waals surface area contributed by atoms with Gasteiger partial charge in [0.2, 0.25) is 0 Å². The van der Waals surface area contributed by atoms with Crippen molar-refractivity contribution in [3.63, 3.8) is 0 Å². The van der Waals surface area contributed by atoms with Gasteiger partial charge in [0, 0.05) is 17.5 Å². The van der Waals surface area contributed by atoms with Crippen LogP contribution in [-0.4, -0.2) is 6.61 Å². The van der Waals surface area contributed by atoms with Gasteiger partial charge in [0.25, 0.3) is 0 Å². The summed E-state index contributed by atoms with van der Waals surface area (Å²) >= 11 is 6.37. The highest BCUT2D eigenvalue weighted by Gasteiger charge is 2.12. The zero-order valence-electron chi connectivity index (χ0n) is 13.5. The van der Waals surface area contributed by atoms with Gasteiger partial charge in [-0.05, 0) is 23.6 Å². The molecule has 124 valence electrons. The van der Waals surface area contributed by atoms with Crippen molar-refractivity contribution in [3.05, 3.63) is 64.0 Å². The largest absolute Gasteiger partial charge is 0.492 e. The van der Waals surface area contributed by atoms with Crippen LogP contribution in [0.3, 0.4) is 0 Å². The van der Waals surface area contributed by atoms with E-state index in [1.54, 1.807) is 12.1 Å². The van der Waals surface area contributed by atoms with Crippen molar-refractivity contribution in [2.45, 2.75) is 26.2 Å². The Labute approximate surface area is 145 Å². The fourth-order valence-electron chi connectivity index (χ4n) is 2.66. The van der Waals surface area contributed by atoms with E-state index in [0.29, 0.717) is 23.0 Å². The van der Waals surface area contributed by atoms with Crippen molar-refractivity contribution >= 4 is 22.6 Å². The van der Waals surface area contributed by atoms with Gasteiger partial charge in [-0.15, -0.1) is 0 Å². The van der Waals surface area contributed by atoms with Gasteiger partial charge in [-0.25, -0.2) is 4.79 Å². The molecule has 24 heavy (non-hydrogen) atoms. The molecule has 0 aliphatic rings. The predicted molar refractivity (Wildman–Crippen MR) is 98.0 cm³/mol. The second-order valence-corrected chi connectivity index (χ2v) is 6.09. The fraction of sp³-hybridized carbons (Fsp3) is 0.250. The second kappa shape index (κ2) is 7.54. The number of hydrogen-bond donors (Lipinski definition) is 0. The molecule has 0 N–H and O–H groups in total. The lowest BCUT2D eigenvalue weighted by Gasteiger charge is -2.11. The first kappa shape index (κ1) is 16.6. The van der Waals surface area contributed by atoms with Crippen LogP contribution >= 0.6 is 11.6 Å². The van der Waals surface area contributed by atoms with Crippen LogP contribution in [0.25, 0.3) is 22.1 Å². The van der Waals surface area contributed by atoms with Crippen molar-refractivity contribution in [3.8, 4) is 16.9 Å². The Morgan fingerprint density at radius 1 is 1.08 bits per heavy atom. The van der Waals surface area contributed by atoms with Gasteiger partial charge < -0.3 is 9.15 Å². The van der Waals surface area contributed by atoms with Gasteiger partial charge in [0.05, 0.1) is 11.6 Å². The molecule has 1 aromatic heterocycles. The summed E-state index contributed by atoms with van der Waals surface area (Å²) in [4.78, 5) is 11.9. The molecule has 3 nitrogen and oxygen atoms in total. The number of halogens is 1. The maximum atomic E-state index is 11.9. The molecule has 0 fully saturated rings. The molecule has 3 aromatic rings. The minimum Gasteiger partial charge on any atom is -0.492 e. The maximum absolute atomic E-state index is 11.9. The molecule has 0 saturated carbocycles. The van der Waals surface area contributed by atoms with Crippen molar-refractivity contribution < 1.29 is 9.15 Å². The van der Waals surface area contributed by atoms with Crippen LogP contribution in [0.5, 0.6) is 5.75 Å². The van der Waals surface area contributed by atoms with Crippen LogP contribution in [-0.2, 0) is 0 Å². The van der Waals surface area contributed by atoms with Gasteiger partial charge in [-0.2, -0.15) is 0 Å². The molecule has 0 amide bonds. The predicted octanol–water partition coefficient (Wildman–Crippen LogP) is 5.68. The Balaban J connectivity index is 2.03. The molecule has 2 aromatic carbocycles. The fourth-order valence-corrected chi connectivity index (χ4v) is 2.88. The molecule has 1 heterocycles.